The summed E-state index contributed by atoms with van der Waals surface area (Å²) in [6, 6.07) is 0. The predicted molar refractivity (Wildman–Crippen MR) is 49.2 cm³/mol. The van der Waals surface area contributed by atoms with Crippen molar-refractivity contribution in [3.05, 3.63) is 12.7 Å². The monoisotopic (exact) mass is 184 g/mol. The van der Waals surface area contributed by atoms with Crippen LogP contribution in [0.15, 0.2) is 12.7 Å². The van der Waals surface area contributed by atoms with Gasteiger partial charge >= 0.3 is 5.97 Å². The van der Waals surface area contributed by atoms with Crippen LogP contribution in [0, 0.1) is 11.8 Å². The molecule has 0 unspecified atom stereocenters. The second kappa shape index (κ2) is 3.50. The molecule has 0 aromatic carbocycles. The highest BCUT2D eigenvalue weighted by atomic mass is 16.5. The molecule has 0 aliphatic heterocycles. The predicted octanol–water partition coefficient (Wildman–Crippen LogP) is 1.39. The minimum atomic E-state index is -0.470. The number of carbonyl (C=O) groups is 1. The van der Waals surface area contributed by atoms with Crippen LogP contribution in [-0.2, 0) is 14.3 Å². The minimum Gasteiger partial charge on any atom is -0.469 e. The van der Waals surface area contributed by atoms with Crippen molar-refractivity contribution in [1.82, 2.24) is 0 Å². The highest BCUT2D eigenvalue weighted by Gasteiger charge is 2.66. The van der Waals surface area contributed by atoms with Gasteiger partial charge in [0.15, 0.2) is 0 Å². The van der Waals surface area contributed by atoms with Gasteiger partial charge in [-0.05, 0) is 6.92 Å². The molecule has 0 heterocycles. The molecule has 3 nitrogen and oxygen atoms in total. The fraction of sp³-hybridized carbons (Fsp3) is 0.700. The Hall–Kier alpha value is -0.830. The number of hydrogen-bond donors (Lipinski definition) is 0. The van der Waals surface area contributed by atoms with Gasteiger partial charge in [0, 0.05) is 12.5 Å². The summed E-state index contributed by atoms with van der Waals surface area (Å²) in [6.45, 7) is 8.16. The second-order valence-corrected chi connectivity index (χ2v) is 3.28. The number of carbonyl (C=O) groups excluding carboxylic acids is 1. The summed E-state index contributed by atoms with van der Waals surface area (Å²) < 4.78 is 10.2. The molecule has 0 radical (unpaired) electrons. The molecule has 0 aromatic rings. The van der Waals surface area contributed by atoms with Gasteiger partial charge in [0.25, 0.3) is 0 Å². The van der Waals surface area contributed by atoms with Crippen LogP contribution in [-0.4, -0.2) is 25.3 Å². The van der Waals surface area contributed by atoms with Gasteiger partial charge < -0.3 is 9.47 Å². The third kappa shape index (κ3) is 1.37. The smallest absolute Gasteiger partial charge is 0.312 e. The van der Waals surface area contributed by atoms with E-state index in [1.807, 2.05) is 13.8 Å². The van der Waals surface area contributed by atoms with Crippen LogP contribution in [0.25, 0.3) is 0 Å². The number of methoxy groups -OCH3 is 1. The maximum Gasteiger partial charge on any atom is 0.312 e. The van der Waals surface area contributed by atoms with Crippen molar-refractivity contribution in [2.24, 2.45) is 11.8 Å². The molecule has 0 aromatic heterocycles. The summed E-state index contributed by atoms with van der Waals surface area (Å²) in [7, 11) is 1.40. The van der Waals surface area contributed by atoms with E-state index in [2.05, 4.69) is 11.3 Å². The van der Waals surface area contributed by atoms with Gasteiger partial charge in [-0.1, -0.05) is 13.0 Å². The molecular weight excluding hydrogens is 168 g/mol. The normalized spacial score (nSPS) is 36.8. The quantitative estimate of drug-likeness (QED) is 0.489. The lowest BCUT2D eigenvalue weighted by Crippen LogP contribution is -2.19. The first-order valence-corrected chi connectivity index (χ1v) is 4.49. The minimum absolute atomic E-state index is 0.171. The van der Waals surface area contributed by atoms with E-state index in [0.29, 0.717) is 6.61 Å². The summed E-state index contributed by atoms with van der Waals surface area (Å²) >= 11 is 0. The van der Waals surface area contributed by atoms with Crippen LogP contribution < -0.4 is 0 Å². The van der Waals surface area contributed by atoms with Crippen molar-refractivity contribution in [2.75, 3.05) is 13.7 Å². The SMILES string of the molecule is C=C[C@@]1(OCC)[C@H](C)[C@H]1C(=O)OC. The molecule has 0 spiro atoms. The Kier molecular flexibility index (Phi) is 2.76. The number of esters is 1. The molecule has 0 saturated heterocycles. The number of ether oxygens (including phenoxy) is 2. The molecule has 3 heteroatoms. The van der Waals surface area contributed by atoms with Crippen molar-refractivity contribution >= 4 is 5.97 Å². The first-order valence-electron chi connectivity index (χ1n) is 4.49. The molecule has 0 N–H and O–H groups in total. The van der Waals surface area contributed by atoms with E-state index in [9.17, 15) is 4.79 Å². The van der Waals surface area contributed by atoms with Crippen LogP contribution >= 0.6 is 0 Å². The largest absolute Gasteiger partial charge is 0.469 e. The molecule has 3 atom stereocenters. The van der Waals surface area contributed by atoms with E-state index in [0.717, 1.165) is 0 Å². The molecule has 1 fully saturated rings. The first-order chi connectivity index (χ1) is 6.14. The van der Waals surface area contributed by atoms with E-state index in [-0.39, 0.29) is 17.8 Å². The maximum atomic E-state index is 11.3. The van der Waals surface area contributed by atoms with Gasteiger partial charge in [-0.15, -0.1) is 6.58 Å². The summed E-state index contributed by atoms with van der Waals surface area (Å²) in [4.78, 5) is 11.3. The number of hydrogen-bond acceptors (Lipinski definition) is 3. The Balaban J connectivity index is 2.71. The van der Waals surface area contributed by atoms with Crippen molar-refractivity contribution in [1.29, 1.82) is 0 Å². The molecule has 13 heavy (non-hydrogen) atoms. The third-order valence-corrected chi connectivity index (χ3v) is 2.76. The lowest BCUT2D eigenvalue weighted by Gasteiger charge is -2.11. The Bertz CT molecular complexity index is 224. The molecule has 0 bridgehead atoms. The molecule has 0 amide bonds. The third-order valence-electron chi connectivity index (χ3n) is 2.76. The van der Waals surface area contributed by atoms with Crippen molar-refractivity contribution in [3.63, 3.8) is 0 Å². The number of rotatable bonds is 4. The highest BCUT2D eigenvalue weighted by Crippen LogP contribution is 2.54. The fourth-order valence-electron chi connectivity index (χ4n) is 1.91. The molecular formula is C10H16O3. The zero-order chi connectivity index (χ0) is 10.1. The zero-order valence-corrected chi connectivity index (χ0v) is 8.37. The van der Waals surface area contributed by atoms with E-state index < -0.39 is 5.60 Å². The van der Waals surface area contributed by atoms with Gasteiger partial charge in [0.05, 0.1) is 13.0 Å². The average molecular weight is 184 g/mol. The van der Waals surface area contributed by atoms with Crippen LogP contribution in [0.5, 0.6) is 0 Å². The Morgan fingerprint density at radius 3 is 2.69 bits per heavy atom. The zero-order valence-electron chi connectivity index (χ0n) is 8.37. The van der Waals surface area contributed by atoms with Gasteiger partial charge in [0.2, 0.25) is 0 Å². The van der Waals surface area contributed by atoms with E-state index in [4.69, 9.17) is 4.74 Å². The topological polar surface area (TPSA) is 35.5 Å². The van der Waals surface area contributed by atoms with Crippen LogP contribution in [0.2, 0.25) is 0 Å². The molecule has 1 rings (SSSR count). The summed E-state index contributed by atoms with van der Waals surface area (Å²) in [5.74, 6) is -0.201. The van der Waals surface area contributed by atoms with Crippen molar-refractivity contribution < 1.29 is 14.3 Å². The fourth-order valence-corrected chi connectivity index (χ4v) is 1.91. The van der Waals surface area contributed by atoms with E-state index in [1.54, 1.807) is 6.08 Å². The first kappa shape index (κ1) is 10.3. The van der Waals surface area contributed by atoms with Crippen LogP contribution in [0.4, 0.5) is 0 Å². The maximum absolute atomic E-state index is 11.3. The molecule has 1 aliphatic carbocycles. The Labute approximate surface area is 78.7 Å². The molecule has 1 saturated carbocycles. The lowest BCUT2D eigenvalue weighted by molar-refractivity contribution is -0.144. The summed E-state index contributed by atoms with van der Waals surface area (Å²) in [5, 5.41) is 0. The lowest BCUT2D eigenvalue weighted by atomic mass is 10.2. The summed E-state index contributed by atoms with van der Waals surface area (Å²) in [6.07, 6.45) is 1.71. The average Bonchev–Trinajstić information content (AvgIpc) is 2.72. The molecule has 1 aliphatic rings. The van der Waals surface area contributed by atoms with Crippen LogP contribution in [0.3, 0.4) is 0 Å². The van der Waals surface area contributed by atoms with Crippen molar-refractivity contribution in [2.45, 2.75) is 19.4 Å². The standard InChI is InChI=1S/C10H16O3/c1-5-10(13-6-2)7(3)8(10)9(11)12-4/h5,7-8H,1,6H2,2-4H3/t7-,8+,10-/m1/s1. The summed E-state index contributed by atoms with van der Waals surface area (Å²) in [5.41, 5.74) is -0.470. The second-order valence-electron chi connectivity index (χ2n) is 3.28. The Morgan fingerprint density at radius 1 is 1.69 bits per heavy atom. The van der Waals surface area contributed by atoms with Crippen molar-refractivity contribution in [3.8, 4) is 0 Å². The molecule has 74 valence electrons. The van der Waals surface area contributed by atoms with Crippen LogP contribution in [0.1, 0.15) is 13.8 Å². The van der Waals surface area contributed by atoms with E-state index in [1.165, 1.54) is 7.11 Å². The van der Waals surface area contributed by atoms with Gasteiger partial charge in [-0.25, -0.2) is 0 Å². The van der Waals surface area contributed by atoms with Gasteiger partial charge in [-0.3, -0.25) is 4.79 Å². The Morgan fingerprint density at radius 2 is 2.31 bits per heavy atom. The van der Waals surface area contributed by atoms with Gasteiger partial charge in [-0.2, -0.15) is 0 Å². The van der Waals surface area contributed by atoms with Gasteiger partial charge in [0.1, 0.15) is 5.60 Å². The van der Waals surface area contributed by atoms with E-state index >= 15 is 0 Å². The highest BCUT2D eigenvalue weighted by molar-refractivity contribution is 5.79.